The highest BCUT2D eigenvalue weighted by molar-refractivity contribution is 6.42. The van der Waals surface area contributed by atoms with Gasteiger partial charge in [0.2, 0.25) is 0 Å². The van der Waals surface area contributed by atoms with Gasteiger partial charge in [-0.3, -0.25) is 0 Å². The lowest BCUT2D eigenvalue weighted by Crippen LogP contribution is -2.46. The zero-order valence-electron chi connectivity index (χ0n) is 11.5. The Balaban J connectivity index is 1.92. The van der Waals surface area contributed by atoms with E-state index in [4.69, 9.17) is 27.9 Å². The number of hydrogen-bond acceptors (Lipinski definition) is 2. The summed E-state index contributed by atoms with van der Waals surface area (Å²) >= 11 is 12.0. The molecule has 0 bridgehead atoms. The fourth-order valence-corrected chi connectivity index (χ4v) is 2.84. The average molecular weight is 302 g/mol. The molecule has 0 saturated heterocycles. The lowest BCUT2D eigenvalue weighted by molar-refractivity contribution is -0.0126. The standard InChI is InChI=1S/C15H21Cl2NO/c1-3-15(10-5-6-13(16)14(17)7-10)18-11-8-12(9-11)19-4-2/h5-7,11-12,15,18H,3-4,8-9H2,1-2H3. The second kappa shape index (κ2) is 6.94. The Labute approximate surface area is 125 Å². The maximum Gasteiger partial charge on any atom is 0.0604 e. The third-order valence-electron chi connectivity index (χ3n) is 3.69. The Morgan fingerprint density at radius 2 is 2.00 bits per heavy atom. The number of hydrogen-bond donors (Lipinski definition) is 1. The number of rotatable bonds is 6. The van der Waals surface area contributed by atoms with Crippen LogP contribution >= 0.6 is 23.2 Å². The molecule has 4 heteroatoms. The molecule has 0 aromatic heterocycles. The molecule has 1 unspecified atom stereocenters. The molecule has 106 valence electrons. The van der Waals surface area contributed by atoms with E-state index in [1.165, 1.54) is 5.56 Å². The van der Waals surface area contributed by atoms with Gasteiger partial charge in [-0.05, 0) is 43.9 Å². The van der Waals surface area contributed by atoms with Gasteiger partial charge in [-0.15, -0.1) is 0 Å². The van der Waals surface area contributed by atoms with Gasteiger partial charge in [-0.2, -0.15) is 0 Å². The van der Waals surface area contributed by atoms with Crippen LogP contribution in [0.5, 0.6) is 0 Å². The maximum absolute atomic E-state index is 6.08. The predicted octanol–water partition coefficient (Wildman–Crippen LogP) is 4.60. The first-order chi connectivity index (χ1) is 9.13. The molecule has 2 nitrogen and oxygen atoms in total. The van der Waals surface area contributed by atoms with Crippen LogP contribution in [0.15, 0.2) is 18.2 Å². The van der Waals surface area contributed by atoms with Crippen LogP contribution in [0, 0.1) is 0 Å². The Bertz CT molecular complexity index is 419. The first kappa shape index (κ1) is 15.1. The lowest BCUT2D eigenvalue weighted by Gasteiger charge is -2.38. The van der Waals surface area contributed by atoms with Crippen molar-refractivity contribution >= 4 is 23.2 Å². The highest BCUT2D eigenvalue weighted by Crippen LogP contribution is 2.30. The van der Waals surface area contributed by atoms with Crippen molar-refractivity contribution in [3.05, 3.63) is 33.8 Å². The van der Waals surface area contributed by atoms with Gasteiger partial charge in [0.15, 0.2) is 0 Å². The third-order valence-corrected chi connectivity index (χ3v) is 4.43. The van der Waals surface area contributed by atoms with E-state index >= 15 is 0 Å². The number of halogens is 2. The van der Waals surface area contributed by atoms with Crippen LogP contribution < -0.4 is 5.32 Å². The molecular formula is C15H21Cl2NO. The summed E-state index contributed by atoms with van der Waals surface area (Å²) in [5.41, 5.74) is 1.21. The number of benzene rings is 1. The highest BCUT2D eigenvalue weighted by atomic mass is 35.5. The van der Waals surface area contributed by atoms with Crippen LogP contribution in [0.1, 0.15) is 44.7 Å². The second-order valence-electron chi connectivity index (χ2n) is 5.05. The van der Waals surface area contributed by atoms with Crippen LogP contribution in [0.25, 0.3) is 0 Å². The van der Waals surface area contributed by atoms with E-state index in [0.29, 0.717) is 28.2 Å². The Morgan fingerprint density at radius 1 is 1.26 bits per heavy atom. The van der Waals surface area contributed by atoms with Crippen LogP contribution in [-0.2, 0) is 4.74 Å². The van der Waals surface area contributed by atoms with E-state index in [1.807, 2.05) is 25.1 Å². The van der Waals surface area contributed by atoms with Crippen LogP contribution in [0.4, 0.5) is 0 Å². The zero-order valence-corrected chi connectivity index (χ0v) is 13.0. The molecule has 1 aliphatic rings. The molecule has 2 rings (SSSR count). The molecule has 1 aliphatic carbocycles. The Kier molecular flexibility index (Phi) is 5.52. The van der Waals surface area contributed by atoms with Crippen molar-refractivity contribution in [2.24, 2.45) is 0 Å². The molecular weight excluding hydrogens is 281 g/mol. The van der Waals surface area contributed by atoms with Crippen molar-refractivity contribution in [1.82, 2.24) is 5.32 Å². The van der Waals surface area contributed by atoms with Gasteiger partial charge in [0, 0.05) is 18.7 Å². The zero-order chi connectivity index (χ0) is 13.8. The van der Waals surface area contributed by atoms with E-state index < -0.39 is 0 Å². The van der Waals surface area contributed by atoms with Crippen LogP contribution in [0.3, 0.4) is 0 Å². The van der Waals surface area contributed by atoms with Crippen LogP contribution in [-0.4, -0.2) is 18.8 Å². The summed E-state index contributed by atoms with van der Waals surface area (Å²) < 4.78 is 5.59. The fourth-order valence-electron chi connectivity index (χ4n) is 2.54. The molecule has 0 amide bonds. The first-order valence-electron chi connectivity index (χ1n) is 6.96. The van der Waals surface area contributed by atoms with Crippen molar-refractivity contribution < 1.29 is 4.74 Å². The largest absolute Gasteiger partial charge is 0.378 e. The van der Waals surface area contributed by atoms with E-state index in [2.05, 4.69) is 12.2 Å². The maximum atomic E-state index is 6.08. The first-order valence-corrected chi connectivity index (χ1v) is 7.72. The number of nitrogens with one attached hydrogen (secondary N) is 1. The minimum absolute atomic E-state index is 0.336. The summed E-state index contributed by atoms with van der Waals surface area (Å²) in [6.45, 7) is 5.03. The van der Waals surface area contributed by atoms with Gasteiger partial charge >= 0.3 is 0 Å². The third kappa shape index (κ3) is 3.85. The molecule has 1 saturated carbocycles. The molecule has 1 aromatic rings. The minimum atomic E-state index is 0.336. The summed E-state index contributed by atoms with van der Waals surface area (Å²) in [7, 11) is 0. The summed E-state index contributed by atoms with van der Waals surface area (Å²) in [6, 6.07) is 6.77. The van der Waals surface area contributed by atoms with Gasteiger partial charge < -0.3 is 10.1 Å². The smallest absolute Gasteiger partial charge is 0.0604 e. The molecule has 0 aliphatic heterocycles. The molecule has 1 atom stereocenters. The lowest BCUT2D eigenvalue weighted by atomic mass is 9.87. The quantitative estimate of drug-likeness (QED) is 0.829. The van der Waals surface area contributed by atoms with Gasteiger partial charge in [-0.25, -0.2) is 0 Å². The van der Waals surface area contributed by atoms with Gasteiger partial charge in [-0.1, -0.05) is 36.2 Å². The van der Waals surface area contributed by atoms with Crippen molar-refractivity contribution in [3.8, 4) is 0 Å². The molecule has 1 aromatic carbocycles. The summed E-state index contributed by atoms with van der Waals surface area (Å²) in [6.07, 6.45) is 3.68. The SMILES string of the molecule is CCOC1CC(NC(CC)c2ccc(Cl)c(Cl)c2)C1. The van der Waals surface area contributed by atoms with Gasteiger partial charge in [0.25, 0.3) is 0 Å². The summed E-state index contributed by atoms with van der Waals surface area (Å²) in [5.74, 6) is 0. The van der Waals surface area contributed by atoms with Crippen LogP contribution in [0.2, 0.25) is 10.0 Å². The Morgan fingerprint density at radius 3 is 2.58 bits per heavy atom. The molecule has 0 spiro atoms. The molecule has 0 radical (unpaired) electrons. The van der Waals surface area contributed by atoms with E-state index in [9.17, 15) is 0 Å². The molecule has 0 heterocycles. The minimum Gasteiger partial charge on any atom is -0.378 e. The van der Waals surface area contributed by atoms with Crippen molar-refractivity contribution in [1.29, 1.82) is 0 Å². The van der Waals surface area contributed by atoms with Crippen molar-refractivity contribution in [2.75, 3.05) is 6.61 Å². The fraction of sp³-hybridized carbons (Fsp3) is 0.600. The van der Waals surface area contributed by atoms with E-state index in [-0.39, 0.29) is 0 Å². The molecule has 19 heavy (non-hydrogen) atoms. The average Bonchev–Trinajstić information content (AvgIpc) is 2.36. The van der Waals surface area contributed by atoms with Gasteiger partial charge in [0.05, 0.1) is 16.1 Å². The number of ether oxygens (including phenoxy) is 1. The monoisotopic (exact) mass is 301 g/mol. The summed E-state index contributed by atoms with van der Waals surface area (Å²) in [5, 5.41) is 4.91. The van der Waals surface area contributed by atoms with E-state index in [0.717, 1.165) is 25.9 Å². The normalized spacial score (nSPS) is 24.0. The van der Waals surface area contributed by atoms with Crippen molar-refractivity contribution in [2.45, 2.75) is 51.3 Å². The van der Waals surface area contributed by atoms with E-state index in [1.54, 1.807) is 0 Å². The van der Waals surface area contributed by atoms with Gasteiger partial charge in [0.1, 0.15) is 0 Å². The summed E-state index contributed by atoms with van der Waals surface area (Å²) in [4.78, 5) is 0. The molecule has 1 fully saturated rings. The predicted molar refractivity (Wildman–Crippen MR) is 81.1 cm³/mol. The second-order valence-corrected chi connectivity index (χ2v) is 5.86. The molecule has 1 N–H and O–H groups in total. The Hall–Kier alpha value is -0.280. The topological polar surface area (TPSA) is 21.3 Å². The highest BCUT2D eigenvalue weighted by Gasteiger charge is 2.30. The van der Waals surface area contributed by atoms with Crippen molar-refractivity contribution in [3.63, 3.8) is 0 Å².